The largest absolute Gasteiger partial charge is 0.478 e. The molecule has 0 aliphatic heterocycles. The fraction of sp³-hybridized carbons (Fsp3) is 0.235. The van der Waals surface area contributed by atoms with Crippen LogP contribution in [0.25, 0.3) is 0 Å². The summed E-state index contributed by atoms with van der Waals surface area (Å²) in [5.41, 5.74) is 1.08. The second-order valence-electron chi connectivity index (χ2n) is 5.79. The van der Waals surface area contributed by atoms with Gasteiger partial charge < -0.3 is 9.84 Å². The average molecular weight is 349 g/mol. The Balaban J connectivity index is 2.49. The van der Waals surface area contributed by atoms with E-state index in [1.54, 1.807) is 12.1 Å². The van der Waals surface area contributed by atoms with Gasteiger partial charge in [0.2, 0.25) is 0 Å². The summed E-state index contributed by atoms with van der Waals surface area (Å²) in [5, 5.41) is 9.27. The summed E-state index contributed by atoms with van der Waals surface area (Å²) >= 11 is 3.34. The molecule has 1 N–H and O–H groups in total. The van der Waals surface area contributed by atoms with Gasteiger partial charge >= 0.3 is 5.97 Å². The van der Waals surface area contributed by atoms with E-state index in [-0.39, 0.29) is 11.0 Å². The summed E-state index contributed by atoms with van der Waals surface area (Å²) < 4.78 is 6.67. The predicted octanol–water partition coefficient (Wildman–Crippen LogP) is 5.24. The number of hydrogen-bond donors (Lipinski definition) is 1. The van der Waals surface area contributed by atoms with E-state index in [0.29, 0.717) is 11.5 Å². The van der Waals surface area contributed by atoms with Crippen LogP contribution in [0, 0.1) is 0 Å². The molecule has 21 heavy (non-hydrogen) atoms. The molecule has 0 unspecified atom stereocenters. The van der Waals surface area contributed by atoms with Crippen molar-refractivity contribution in [3.05, 3.63) is 58.1 Å². The van der Waals surface area contributed by atoms with Crippen molar-refractivity contribution in [2.75, 3.05) is 0 Å². The zero-order valence-corrected chi connectivity index (χ0v) is 13.8. The van der Waals surface area contributed by atoms with Gasteiger partial charge in [0.1, 0.15) is 17.1 Å². The Bertz CT molecular complexity index is 672. The highest BCUT2D eigenvalue weighted by Crippen LogP contribution is 2.35. The van der Waals surface area contributed by atoms with E-state index < -0.39 is 5.97 Å². The number of hydrogen-bond acceptors (Lipinski definition) is 2. The van der Waals surface area contributed by atoms with Crippen molar-refractivity contribution in [3.63, 3.8) is 0 Å². The first-order valence-electron chi connectivity index (χ1n) is 6.59. The van der Waals surface area contributed by atoms with Gasteiger partial charge in [-0.25, -0.2) is 4.79 Å². The molecule has 0 atom stereocenters. The van der Waals surface area contributed by atoms with Crippen molar-refractivity contribution in [1.29, 1.82) is 0 Å². The molecule has 3 nitrogen and oxygen atoms in total. The van der Waals surface area contributed by atoms with Crippen LogP contribution in [0.3, 0.4) is 0 Å². The molecule has 0 heterocycles. The van der Waals surface area contributed by atoms with Crippen LogP contribution in [0.4, 0.5) is 0 Å². The molecule has 2 rings (SSSR count). The number of rotatable bonds is 3. The first-order chi connectivity index (χ1) is 9.79. The second-order valence-corrected chi connectivity index (χ2v) is 6.71. The molecule has 0 aliphatic carbocycles. The van der Waals surface area contributed by atoms with Crippen LogP contribution in [0.2, 0.25) is 0 Å². The van der Waals surface area contributed by atoms with Crippen molar-refractivity contribution in [1.82, 2.24) is 0 Å². The average Bonchev–Trinajstić information content (AvgIpc) is 2.37. The summed E-state index contributed by atoms with van der Waals surface area (Å²) in [6.45, 7) is 6.27. The summed E-state index contributed by atoms with van der Waals surface area (Å²) in [7, 11) is 0. The van der Waals surface area contributed by atoms with Gasteiger partial charge in [0.05, 0.1) is 0 Å². The Morgan fingerprint density at radius 1 is 1.10 bits per heavy atom. The van der Waals surface area contributed by atoms with E-state index in [9.17, 15) is 9.90 Å². The van der Waals surface area contributed by atoms with Gasteiger partial charge in [-0.2, -0.15) is 0 Å². The Morgan fingerprint density at radius 2 is 1.76 bits per heavy atom. The fourth-order valence-corrected chi connectivity index (χ4v) is 2.39. The van der Waals surface area contributed by atoms with Crippen LogP contribution in [-0.2, 0) is 5.41 Å². The Hall–Kier alpha value is -1.81. The summed E-state index contributed by atoms with van der Waals surface area (Å²) in [5.74, 6) is -0.00934. The van der Waals surface area contributed by atoms with Gasteiger partial charge in [-0.3, -0.25) is 0 Å². The van der Waals surface area contributed by atoms with E-state index in [2.05, 4.69) is 36.7 Å². The number of halogens is 1. The fourth-order valence-electron chi connectivity index (χ4n) is 2.05. The van der Waals surface area contributed by atoms with Gasteiger partial charge in [-0.1, -0.05) is 54.9 Å². The lowest BCUT2D eigenvalue weighted by atomic mass is 9.86. The van der Waals surface area contributed by atoms with Crippen molar-refractivity contribution >= 4 is 21.9 Å². The molecule has 0 saturated carbocycles. The number of aromatic carboxylic acids is 1. The molecule has 0 bridgehead atoms. The molecule has 0 aliphatic rings. The normalized spacial score (nSPS) is 11.2. The molecule has 4 heteroatoms. The molecule has 0 spiro atoms. The number of para-hydroxylation sites is 1. The first-order valence-corrected chi connectivity index (χ1v) is 7.38. The zero-order chi connectivity index (χ0) is 15.6. The second kappa shape index (κ2) is 5.90. The third kappa shape index (κ3) is 3.64. The molecule has 2 aromatic rings. The maximum Gasteiger partial charge on any atom is 0.339 e. The zero-order valence-electron chi connectivity index (χ0n) is 12.2. The van der Waals surface area contributed by atoms with Crippen LogP contribution >= 0.6 is 15.9 Å². The van der Waals surface area contributed by atoms with Crippen molar-refractivity contribution < 1.29 is 14.6 Å². The van der Waals surface area contributed by atoms with Gasteiger partial charge in [0.25, 0.3) is 0 Å². The molecule has 0 aromatic heterocycles. The predicted molar refractivity (Wildman–Crippen MR) is 86.3 cm³/mol. The van der Waals surface area contributed by atoms with Crippen LogP contribution < -0.4 is 4.74 Å². The number of ether oxygens (including phenoxy) is 1. The van der Waals surface area contributed by atoms with Gasteiger partial charge in [-0.15, -0.1) is 0 Å². The quantitative estimate of drug-likeness (QED) is 0.825. The summed E-state index contributed by atoms with van der Waals surface area (Å²) in [6.07, 6.45) is 0. The number of carbonyl (C=O) groups is 1. The lowest BCUT2D eigenvalue weighted by Crippen LogP contribution is -2.12. The van der Waals surface area contributed by atoms with Crippen LogP contribution in [0.5, 0.6) is 11.5 Å². The smallest absolute Gasteiger partial charge is 0.339 e. The lowest BCUT2D eigenvalue weighted by molar-refractivity contribution is 0.0694. The third-order valence-electron chi connectivity index (χ3n) is 3.09. The highest BCUT2D eigenvalue weighted by molar-refractivity contribution is 9.10. The first kappa shape index (κ1) is 15.6. The van der Waals surface area contributed by atoms with E-state index in [0.717, 1.165) is 10.0 Å². The Morgan fingerprint density at radius 3 is 2.38 bits per heavy atom. The molecule has 2 aromatic carbocycles. The van der Waals surface area contributed by atoms with Crippen LogP contribution in [0.15, 0.2) is 46.9 Å². The molecule has 0 fully saturated rings. The van der Waals surface area contributed by atoms with Gasteiger partial charge in [-0.05, 0) is 29.7 Å². The molecular formula is C17H17BrO3. The number of carboxylic acids is 1. The van der Waals surface area contributed by atoms with Gasteiger partial charge in [0, 0.05) is 10.0 Å². The minimum atomic E-state index is -1.01. The Kier molecular flexibility index (Phi) is 4.37. The SMILES string of the molecule is CC(C)(C)c1ccccc1Oc1cc(Br)ccc1C(=O)O. The number of carboxylic acid groups (broad SMARTS) is 1. The van der Waals surface area contributed by atoms with Crippen molar-refractivity contribution in [2.45, 2.75) is 26.2 Å². The van der Waals surface area contributed by atoms with E-state index in [1.807, 2.05) is 24.3 Å². The molecule has 0 amide bonds. The van der Waals surface area contributed by atoms with Crippen LogP contribution in [-0.4, -0.2) is 11.1 Å². The van der Waals surface area contributed by atoms with Crippen molar-refractivity contribution in [3.8, 4) is 11.5 Å². The lowest BCUT2D eigenvalue weighted by Gasteiger charge is -2.23. The topological polar surface area (TPSA) is 46.5 Å². The van der Waals surface area contributed by atoms with E-state index >= 15 is 0 Å². The minimum Gasteiger partial charge on any atom is -0.478 e. The monoisotopic (exact) mass is 348 g/mol. The summed E-state index contributed by atoms with van der Waals surface area (Å²) in [4.78, 5) is 11.3. The molecule has 0 radical (unpaired) electrons. The minimum absolute atomic E-state index is 0.0913. The van der Waals surface area contributed by atoms with Crippen molar-refractivity contribution in [2.24, 2.45) is 0 Å². The highest BCUT2D eigenvalue weighted by atomic mass is 79.9. The maximum absolute atomic E-state index is 11.3. The van der Waals surface area contributed by atoms with Gasteiger partial charge in [0.15, 0.2) is 0 Å². The van der Waals surface area contributed by atoms with Crippen LogP contribution in [0.1, 0.15) is 36.7 Å². The number of benzene rings is 2. The molecule has 110 valence electrons. The van der Waals surface area contributed by atoms with E-state index in [1.165, 1.54) is 6.07 Å². The molecular weight excluding hydrogens is 332 g/mol. The summed E-state index contributed by atoms with van der Waals surface area (Å²) in [6, 6.07) is 12.6. The standard InChI is InChI=1S/C17H17BrO3/c1-17(2,3)13-6-4-5-7-14(13)21-15-10-11(18)8-9-12(15)16(19)20/h4-10H,1-3H3,(H,19,20). The third-order valence-corrected chi connectivity index (χ3v) is 3.58. The Labute approximate surface area is 132 Å². The maximum atomic E-state index is 11.3. The molecule has 0 saturated heterocycles. The van der Waals surface area contributed by atoms with E-state index in [4.69, 9.17) is 4.74 Å². The highest BCUT2D eigenvalue weighted by Gasteiger charge is 2.20.